The minimum absolute atomic E-state index is 0.123. The molecule has 2 rings (SSSR count). The maximum atomic E-state index is 12.4. The Hall–Kier alpha value is -3.32. The summed E-state index contributed by atoms with van der Waals surface area (Å²) >= 11 is 0. The van der Waals surface area contributed by atoms with E-state index < -0.39 is 81.8 Å². The maximum absolute atomic E-state index is 12.4. The van der Waals surface area contributed by atoms with Crippen LogP contribution < -0.4 is 20.1 Å². The predicted octanol–water partition coefficient (Wildman–Crippen LogP) is 1.34. The van der Waals surface area contributed by atoms with Crippen LogP contribution in [0.4, 0.5) is 0 Å². The highest BCUT2D eigenvalue weighted by Gasteiger charge is 2.32. The Kier molecular flexibility index (Phi) is 12.9. The summed E-state index contributed by atoms with van der Waals surface area (Å²) in [6.07, 6.45) is -2.62. The van der Waals surface area contributed by atoms with Crippen molar-refractivity contribution in [3.8, 4) is 11.5 Å². The molecule has 0 unspecified atom stereocenters. The number of benzene rings is 2. The summed E-state index contributed by atoms with van der Waals surface area (Å²) in [6, 6.07) is 7.92. The Labute approximate surface area is 260 Å². The third-order valence-electron chi connectivity index (χ3n) is 6.36. The largest absolute Gasteiger partial charge is 0.490 e. The number of aliphatic hydroxyl groups is 2. The van der Waals surface area contributed by atoms with Crippen LogP contribution in [0.5, 0.6) is 11.5 Å². The molecule has 2 aromatic rings. The molecule has 16 heteroatoms. The number of rotatable bonds is 16. The van der Waals surface area contributed by atoms with Gasteiger partial charge in [-0.05, 0) is 49.2 Å². The van der Waals surface area contributed by atoms with E-state index in [9.17, 15) is 48.5 Å². The first kappa shape index (κ1) is 37.9. The number of hydrogen-bond donors (Lipinski definition) is 6. The summed E-state index contributed by atoms with van der Waals surface area (Å²) in [7, 11) is -9.87. The van der Waals surface area contributed by atoms with Crippen molar-refractivity contribution in [2.45, 2.75) is 45.3 Å². The number of ether oxygens (including phenoxy) is 4. The molecule has 248 valence electrons. The van der Waals surface area contributed by atoms with Gasteiger partial charge >= 0.3 is 27.1 Å². The highest BCUT2D eigenvalue weighted by molar-refractivity contribution is 7.60. The molecule has 14 nitrogen and oxygen atoms in total. The van der Waals surface area contributed by atoms with Crippen molar-refractivity contribution in [2.75, 3.05) is 26.4 Å². The summed E-state index contributed by atoms with van der Waals surface area (Å²) in [4.78, 5) is 63.2. The first-order chi connectivity index (χ1) is 20.6. The minimum Gasteiger partial charge on any atom is -0.490 e. The van der Waals surface area contributed by atoms with Gasteiger partial charge in [-0.15, -0.1) is 0 Å². The molecule has 0 heterocycles. The molecule has 0 fully saturated rings. The lowest BCUT2D eigenvalue weighted by molar-refractivity contribution is -0.143. The molecule has 0 saturated heterocycles. The Bertz CT molecular complexity index is 1410. The zero-order chi connectivity index (χ0) is 34.3. The summed E-state index contributed by atoms with van der Waals surface area (Å²) in [5.74, 6) is -1.92. The second-order valence-electron chi connectivity index (χ2n) is 10.8. The van der Waals surface area contributed by atoms with Crippen LogP contribution >= 0.6 is 15.2 Å². The van der Waals surface area contributed by atoms with E-state index in [0.717, 1.165) is 0 Å². The van der Waals surface area contributed by atoms with Crippen LogP contribution in [0.3, 0.4) is 0 Å². The van der Waals surface area contributed by atoms with Gasteiger partial charge in [0.25, 0.3) is 0 Å². The first-order valence-corrected chi connectivity index (χ1v) is 16.5. The average Bonchev–Trinajstić information content (AvgIpc) is 2.94. The molecular weight excluding hydrogens is 634 g/mol. The summed E-state index contributed by atoms with van der Waals surface area (Å²) in [5.41, 5.74) is -0.166. The van der Waals surface area contributed by atoms with Crippen LogP contribution in [-0.2, 0) is 33.6 Å². The van der Waals surface area contributed by atoms with E-state index in [4.69, 9.17) is 18.9 Å². The molecule has 0 aliphatic heterocycles. The number of aliphatic hydroxyl groups excluding tert-OH is 2. The van der Waals surface area contributed by atoms with E-state index >= 15 is 0 Å². The normalized spacial score (nSPS) is 13.4. The van der Waals surface area contributed by atoms with Crippen molar-refractivity contribution in [1.82, 2.24) is 0 Å². The van der Waals surface area contributed by atoms with Gasteiger partial charge in [0.05, 0.1) is 0 Å². The predicted molar refractivity (Wildman–Crippen MR) is 163 cm³/mol. The molecule has 45 heavy (non-hydrogen) atoms. The fraction of sp³-hybridized carbons (Fsp3) is 0.379. The number of hydrogen-bond acceptors (Lipinski definition) is 10. The Morgan fingerprint density at radius 2 is 1.04 bits per heavy atom. The van der Waals surface area contributed by atoms with Gasteiger partial charge in [0.1, 0.15) is 60.7 Å². The van der Waals surface area contributed by atoms with Gasteiger partial charge in [-0.25, -0.2) is 9.59 Å². The lowest BCUT2D eigenvalue weighted by Gasteiger charge is -2.28. The Morgan fingerprint density at radius 1 is 0.711 bits per heavy atom. The molecule has 2 atom stereocenters. The van der Waals surface area contributed by atoms with Crippen molar-refractivity contribution in [1.29, 1.82) is 0 Å². The van der Waals surface area contributed by atoms with Gasteiger partial charge in [-0.1, -0.05) is 39.1 Å². The van der Waals surface area contributed by atoms with E-state index in [-0.39, 0.29) is 22.6 Å². The van der Waals surface area contributed by atoms with E-state index in [2.05, 4.69) is 13.2 Å². The van der Waals surface area contributed by atoms with Crippen LogP contribution in [0.2, 0.25) is 0 Å². The highest BCUT2D eigenvalue weighted by Crippen LogP contribution is 2.43. The van der Waals surface area contributed by atoms with Gasteiger partial charge in [-0.2, -0.15) is 0 Å². The van der Waals surface area contributed by atoms with Crippen LogP contribution in [0.15, 0.2) is 60.7 Å². The van der Waals surface area contributed by atoms with Crippen molar-refractivity contribution < 1.29 is 67.5 Å². The molecular formula is C29H38O14P2. The molecule has 0 amide bonds. The van der Waals surface area contributed by atoms with Gasteiger partial charge in [-0.3, -0.25) is 9.13 Å². The van der Waals surface area contributed by atoms with E-state index in [1.165, 1.54) is 50.2 Å². The van der Waals surface area contributed by atoms with Crippen molar-refractivity contribution in [3.05, 3.63) is 71.8 Å². The van der Waals surface area contributed by atoms with Crippen LogP contribution in [0.1, 0.15) is 38.8 Å². The molecule has 2 aromatic carbocycles. The molecule has 0 saturated carbocycles. The quantitative estimate of drug-likeness (QED) is 0.0841. The van der Waals surface area contributed by atoms with Crippen molar-refractivity contribution in [3.63, 3.8) is 0 Å². The number of carbonyl (C=O) groups excluding carboxylic acids is 2. The summed E-state index contributed by atoms with van der Waals surface area (Å²) in [5, 5.41) is 19.2. The van der Waals surface area contributed by atoms with Crippen LogP contribution in [0, 0.1) is 0 Å². The highest BCUT2D eigenvalue weighted by atomic mass is 31.2. The minimum atomic E-state index is -4.94. The zero-order valence-corrected chi connectivity index (χ0v) is 27.0. The molecule has 0 spiro atoms. The smallest absolute Gasteiger partial charge is 0.359 e. The van der Waals surface area contributed by atoms with Gasteiger partial charge < -0.3 is 48.7 Å². The molecule has 0 aromatic heterocycles. The standard InChI is InChI=1S/C29H38O14P2/c1-17(2)27(32)42-15-21(30)13-40-23-9-7-19(11-25(23)44(34,35)36)29(5,6)20-8-10-24(26(12-20)45(37,38)39)41-14-22(31)16-43-28(33)18(3)4/h7-12,21-22,30-31H,1,3,13-16H2,2,4-6H3,(H2,34,35,36)(H2,37,38,39)/t21-,22-/m1/s1. The van der Waals surface area contributed by atoms with Crippen molar-refractivity contribution >= 4 is 37.7 Å². The number of carbonyl (C=O) groups is 2. The third-order valence-corrected chi connectivity index (χ3v) is 8.32. The molecule has 0 bridgehead atoms. The van der Waals surface area contributed by atoms with Crippen LogP contribution in [-0.4, -0.2) is 80.4 Å². The lowest BCUT2D eigenvalue weighted by atomic mass is 9.78. The van der Waals surface area contributed by atoms with E-state index in [1.54, 1.807) is 13.8 Å². The molecule has 0 radical (unpaired) electrons. The van der Waals surface area contributed by atoms with Crippen molar-refractivity contribution in [2.24, 2.45) is 0 Å². The molecule has 0 aliphatic rings. The fourth-order valence-electron chi connectivity index (χ4n) is 3.74. The SMILES string of the molecule is C=C(C)C(=O)OC[C@H](O)COc1ccc(C(C)(C)c2ccc(OC[C@@H](O)COC(=O)C(=C)C)c(P(=O)(O)O)c2)cc1P(=O)(O)O. The molecule has 0 aliphatic carbocycles. The topological polar surface area (TPSA) is 227 Å². The Balaban J connectivity index is 2.33. The fourth-order valence-corrected chi connectivity index (χ4v) is 5.20. The average molecular weight is 673 g/mol. The lowest BCUT2D eigenvalue weighted by Crippen LogP contribution is -2.28. The van der Waals surface area contributed by atoms with Gasteiger partial charge in [0, 0.05) is 16.6 Å². The summed E-state index contributed by atoms with van der Waals surface area (Å²) in [6.45, 7) is 11.2. The Morgan fingerprint density at radius 3 is 1.33 bits per heavy atom. The first-order valence-electron chi connectivity index (χ1n) is 13.3. The second kappa shape index (κ2) is 15.3. The summed E-state index contributed by atoms with van der Waals surface area (Å²) < 4.78 is 45.3. The maximum Gasteiger partial charge on any atom is 0.359 e. The van der Waals surface area contributed by atoms with Gasteiger partial charge in [0.15, 0.2) is 0 Å². The number of esters is 2. The van der Waals surface area contributed by atoms with E-state index in [1.807, 2.05) is 0 Å². The monoisotopic (exact) mass is 672 g/mol. The van der Waals surface area contributed by atoms with Crippen LogP contribution in [0.25, 0.3) is 0 Å². The molecule has 6 N–H and O–H groups in total. The zero-order valence-electron chi connectivity index (χ0n) is 25.2. The van der Waals surface area contributed by atoms with Gasteiger partial charge in [0.2, 0.25) is 0 Å². The second-order valence-corrected chi connectivity index (χ2v) is 13.9. The third kappa shape index (κ3) is 10.9. The van der Waals surface area contributed by atoms with E-state index in [0.29, 0.717) is 11.1 Å².